The number of ether oxygens (including phenoxy) is 1. The molecule has 3 aromatic rings. The second kappa shape index (κ2) is 9.45. The van der Waals surface area contributed by atoms with Gasteiger partial charge >= 0.3 is 6.61 Å². The van der Waals surface area contributed by atoms with Gasteiger partial charge in [0.1, 0.15) is 5.75 Å². The monoisotopic (exact) mass is 433 g/mol. The molecule has 0 amide bonds. The highest BCUT2D eigenvalue weighted by Crippen LogP contribution is 2.23. The van der Waals surface area contributed by atoms with E-state index in [4.69, 9.17) is 23.8 Å². The van der Waals surface area contributed by atoms with Crippen LogP contribution in [0.1, 0.15) is 5.56 Å². The summed E-state index contributed by atoms with van der Waals surface area (Å²) in [6, 6.07) is 18.0. The Kier molecular flexibility index (Phi) is 6.74. The Morgan fingerprint density at radius 3 is 2.21 bits per heavy atom. The van der Waals surface area contributed by atoms with Crippen LogP contribution in [-0.4, -0.2) is 16.7 Å². The van der Waals surface area contributed by atoms with E-state index < -0.39 is 6.61 Å². The lowest BCUT2D eigenvalue weighted by molar-refractivity contribution is -0.575. The van der Waals surface area contributed by atoms with Gasteiger partial charge in [0.2, 0.25) is 0 Å². The van der Waals surface area contributed by atoms with Crippen molar-refractivity contribution < 1.29 is 23.2 Å². The molecule has 0 aliphatic carbocycles. The molecule has 2 N–H and O–H groups in total. The first-order valence-electron chi connectivity index (χ1n) is 8.46. The van der Waals surface area contributed by atoms with Crippen LogP contribution in [0.3, 0.4) is 0 Å². The number of anilines is 1. The molecular weight excluding hydrogens is 418 g/mol. The summed E-state index contributed by atoms with van der Waals surface area (Å²) in [6.45, 7) is -2.92. The molecule has 0 saturated heterocycles. The van der Waals surface area contributed by atoms with Gasteiger partial charge in [0.25, 0.3) is 5.70 Å². The van der Waals surface area contributed by atoms with Crippen molar-refractivity contribution in [1.82, 2.24) is 0 Å². The maximum Gasteiger partial charge on any atom is 0.387 e. The highest BCUT2D eigenvalue weighted by atomic mass is 35.5. The number of pyridine rings is 1. The molecule has 29 heavy (non-hydrogen) atoms. The average Bonchev–Trinajstić information content (AvgIpc) is 2.71. The number of benzene rings is 2. The first-order valence-corrected chi connectivity index (χ1v) is 9.25. The number of nitrogens with one attached hydrogen (secondary N) is 1. The van der Waals surface area contributed by atoms with Crippen molar-refractivity contribution in [3.63, 3.8) is 0 Å². The third kappa shape index (κ3) is 5.49. The summed E-state index contributed by atoms with van der Waals surface area (Å²) >= 11 is 11.4. The molecule has 0 spiro atoms. The van der Waals surface area contributed by atoms with E-state index in [2.05, 4.69) is 10.1 Å². The van der Waals surface area contributed by atoms with Crippen molar-refractivity contribution in [2.24, 2.45) is 0 Å². The van der Waals surface area contributed by atoms with Gasteiger partial charge in [-0.05, 0) is 48.5 Å². The van der Waals surface area contributed by atoms with Crippen LogP contribution in [0.15, 0.2) is 79.1 Å². The van der Waals surface area contributed by atoms with Crippen molar-refractivity contribution in [3.05, 3.63) is 89.7 Å². The van der Waals surface area contributed by atoms with Crippen molar-refractivity contribution in [2.75, 3.05) is 5.32 Å². The minimum atomic E-state index is -2.92. The van der Waals surface area contributed by atoms with Gasteiger partial charge in [-0.2, -0.15) is 13.3 Å². The molecule has 0 fully saturated rings. The lowest BCUT2D eigenvalue weighted by atomic mass is 10.1. The number of aliphatic hydroxyl groups excluding tert-OH is 1. The molecule has 1 heterocycles. The molecule has 148 valence electrons. The summed E-state index contributed by atoms with van der Waals surface area (Å²) in [7, 11) is 0. The normalized spacial score (nSPS) is 11.7. The second-order valence-corrected chi connectivity index (χ2v) is 6.69. The van der Waals surface area contributed by atoms with E-state index in [9.17, 15) is 13.9 Å². The SMILES string of the molecule is OC(=C(C(=S)Nc1ccc(Cl)cc1)[n+]1ccccc1)c1ccc(OC(F)F)cc1. The van der Waals surface area contributed by atoms with E-state index in [1.807, 2.05) is 6.07 Å². The number of aromatic nitrogens is 1. The number of thiocarbonyl (C=S) groups is 1. The predicted molar refractivity (Wildman–Crippen MR) is 113 cm³/mol. The summed E-state index contributed by atoms with van der Waals surface area (Å²) in [5, 5.41) is 14.6. The Labute approximate surface area is 176 Å². The van der Waals surface area contributed by atoms with E-state index >= 15 is 0 Å². The van der Waals surface area contributed by atoms with E-state index in [0.717, 1.165) is 0 Å². The van der Waals surface area contributed by atoms with Crippen LogP contribution < -0.4 is 14.6 Å². The van der Waals surface area contributed by atoms with Crippen molar-refractivity contribution in [3.8, 4) is 5.75 Å². The van der Waals surface area contributed by atoms with Crippen LogP contribution in [-0.2, 0) is 0 Å². The highest BCUT2D eigenvalue weighted by Gasteiger charge is 2.23. The minimum Gasteiger partial charge on any atom is -0.502 e. The van der Waals surface area contributed by atoms with Gasteiger partial charge in [-0.1, -0.05) is 29.9 Å². The third-order valence-corrected chi connectivity index (χ3v) is 4.42. The largest absolute Gasteiger partial charge is 0.502 e. The summed E-state index contributed by atoms with van der Waals surface area (Å²) in [5.41, 5.74) is 1.40. The molecule has 4 nitrogen and oxygen atoms in total. The molecule has 3 rings (SSSR count). The highest BCUT2D eigenvalue weighted by molar-refractivity contribution is 7.81. The Morgan fingerprint density at radius 1 is 1.00 bits per heavy atom. The first-order chi connectivity index (χ1) is 13.9. The molecule has 0 unspecified atom stereocenters. The van der Waals surface area contributed by atoms with Crippen LogP contribution in [0.4, 0.5) is 14.5 Å². The zero-order valence-electron chi connectivity index (χ0n) is 14.9. The number of aliphatic hydroxyl groups is 1. The molecule has 0 saturated carbocycles. The van der Waals surface area contributed by atoms with Crippen molar-refractivity contribution in [2.45, 2.75) is 6.61 Å². The quantitative estimate of drug-likeness (QED) is 0.231. The maximum atomic E-state index is 12.3. The van der Waals surface area contributed by atoms with Crippen LogP contribution in [0.5, 0.6) is 5.75 Å². The molecule has 2 aromatic carbocycles. The van der Waals surface area contributed by atoms with E-state index in [1.54, 1.807) is 53.4 Å². The molecular formula is C21H16ClF2N2O2S+. The van der Waals surface area contributed by atoms with Crippen LogP contribution >= 0.6 is 23.8 Å². The van der Waals surface area contributed by atoms with Gasteiger partial charge in [-0.25, -0.2) is 0 Å². The predicted octanol–water partition coefficient (Wildman–Crippen LogP) is 5.55. The fraction of sp³-hybridized carbons (Fsp3) is 0.0476. The third-order valence-electron chi connectivity index (χ3n) is 3.87. The Bertz CT molecular complexity index is 1010. The van der Waals surface area contributed by atoms with Crippen LogP contribution in [0.2, 0.25) is 5.02 Å². The fourth-order valence-corrected chi connectivity index (χ4v) is 3.00. The fourth-order valence-electron chi connectivity index (χ4n) is 2.55. The van der Waals surface area contributed by atoms with Crippen molar-refractivity contribution in [1.29, 1.82) is 0 Å². The summed E-state index contributed by atoms with van der Waals surface area (Å²) in [4.78, 5) is 0.258. The van der Waals surface area contributed by atoms with Crippen LogP contribution in [0, 0.1) is 0 Å². The number of hydrogen-bond donors (Lipinski definition) is 2. The lowest BCUT2D eigenvalue weighted by Gasteiger charge is -2.11. The maximum absolute atomic E-state index is 12.3. The smallest absolute Gasteiger partial charge is 0.387 e. The Hall–Kier alpha value is -3.03. The minimum absolute atomic E-state index is 0.00710. The van der Waals surface area contributed by atoms with E-state index in [1.165, 1.54) is 24.3 Å². The first kappa shape index (κ1) is 20.7. The summed E-state index contributed by atoms with van der Waals surface area (Å²) in [6.07, 6.45) is 3.46. The number of rotatable bonds is 6. The molecule has 0 aliphatic heterocycles. The Morgan fingerprint density at radius 2 is 1.62 bits per heavy atom. The van der Waals surface area contributed by atoms with E-state index in [-0.39, 0.29) is 16.5 Å². The average molecular weight is 434 g/mol. The van der Waals surface area contributed by atoms with Gasteiger partial charge in [-0.3, -0.25) is 0 Å². The van der Waals surface area contributed by atoms with Gasteiger partial charge in [0.15, 0.2) is 23.1 Å². The van der Waals surface area contributed by atoms with Gasteiger partial charge < -0.3 is 15.2 Å². The molecule has 0 atom stereocenters. The van der Waals surface area contributed by atoms with Gasteiger partial charge in [0, 0.05) is 28.4 Å². The Balaban J connectivity index is 1.98. The lowest BCUT2D eigenvalue weighted by Crippen LogP contribution is -2.38. The zero-order valence-corrected chi connectivity index (χ0v) is 16.5. The van der Waals surface area contributed by atoms with Gasteiger partial charge in [0.05, 0.1) is 0 Å². The molecule has 0 radical (unpaired) electrons. The number of halogens is 3. The van der Waals surface area contributed by atoms with Crippen molar-refractivity contribution >= 4 is 46.0 Å². The molecule has 0 aliphatic rings. The molecule has 8 heteroatoms. The summed E-state index contributed by atoms with van der Waals surface area (Å²) < 4.78 is 30.7. The molecule has 1 aromatic heterocycles. The number of alkyl halides is 2. The van der Waals surface area contributed by atoms with Crippen LogP contribution in [0.25, 0.3) is 11.5 Å². The summed E-state index contributed by atoms with van der Waals surface area (Å²) in [5.74, 6) is -0.136. The van der Waals surface area contributed by atoms with E-state index in [0.29, 0.717) is 22.0 Å². The standard InChI is InChI=1S/C21H15ClF2N2O2S/c22-15-6-8-16(9-7-15)25-20(29)18(26-12-2-1-3-13-26)19(27)14-4-10-17(11-5-14)28-21(23)24/h1-13,21H,(H-,25,27,29)/p+1. The number of hydrogen-bond acceptors (Lipinski definition) is 3. The van der Waals surface area contributed by atoms with Gasteiger partial charge in [-0.15, -0.1) is 0 Å². The molecule has 0 bridgehead atoms. The number of nitrogens with zero attached hydrogens (tertiary/aromatic N) is 1. The second-order valence-electron chi connectivity index (χ2n) is 5.84. The zero-order chi connectivity index (χ0) is 20.8. The topological polar surface area (TPSA) is 45.4 Å².